The zero-order valence-electron chi connectivity index (χ0n) is 12.6. The number of nitrogens with one attached hydrogen (secondary N) is 1. The predicted molar refractivity (Wildman–Crippen MR) is 85.1 cm³/mol. The summed E-state index contributed by atoms with van der Waals surface area (Å²) in [4.78, 5) is 16.3. The van der Waals surface area contributed by atoms with Gasteiger partial charge in [-0.25, -0.2) is 4.98 Å². The Labute approximate surface area is 125 Å². The summed E-state index contributed by atoms with van der Waals surface area (Å²) >= 11 is 0. The van der Waals surface area contributed by atoms with E-state index in [1.54, 1.807) is 6.20 Å². The molecule has 1 amide bonds. The van der Waals surface area contributed by atoms with E-state index in [9.17, 15) is 4.79 Å². The van der Waals surface area contributed by atoms with E-state index in [1.165, 1.54) is 0 Å². The molecule has 2 aromatic rings. The number of imidazole rings is 1. The van der Waals surface area contributed by atoms with Crippen molar-refractivity contribution in [3.05, 3.63) is 42.0 Å². The Morgan fingerprint density at radius 2 is 2.24 bits per heavy atom. The predicted octanol–water partition coefficient (Wildman–Crippen LogP) is 2.76. The van der Waals surface area contributed by atoms with E-state index < -0.39 is 0 Å². The Balaban J connectivity index is 1.84. The van der Waals surface area contributed by atoms with Crippen LogP contribution in [0.25, 0.3) is 0 Å². The largest absolute Gasteiger partial charge is 0.398 e. The Morgan fingerprint density at radius 1 is 1.43 bits per heavy atom. The third-order valence-electron chi connectivity index (χ3n) is 3.57. The Kier molecular flexibility index (Phi) is 4.98. The van der Waals surface area contributed by atoms with Gasteiger partial charge in [0.2, 0.25) is 5.91 Å². The first-order valence-electron chi connectivity index (χ1n) is 7.26. The highest BCUT2D eigenvalue weighted by Gasteiger charge is 2.07. The van der Waals surface area contributed by atoms with Crippen LogP contribution in [0, 0.1) is 6.92 Å². The van der Waals surface area contributed by atoms with E-state index in [4.69, 9.17) is 5.73 Å². The lowest BCUT2D eigenvalue weighted by molar-refractivity contribution is -0.116. The summed E-state index contributed by atoms with van der Waals surface area (Å²) < 4.78 is 2.10. The fourth-order valence-corrected chi connectivity index (χ4v) is 2.27. The number of anilines is 2. The van der Waals surface area contributed by atoms with Gasteiger partial charge in [0.1, 0.15) is 5.82 Å². The van der Waals surface area contributed by atoms with Crippen molar-refractivity contribution in [3.63, 3.8) is 0 Å². The number of hydrogen-bond acceptors (Lipinski definition) is 3. The highest BCUT2D eigenvalue weighted by Crippen LogP contribution is 2.20. The number of carbonyl (C=O) groups excluding carboxylic acids is 1. The molecular formula is C16H22N4O. The quantitative estimate of drug-likeness (QED) is 0.802. The number of hydrogen-bond donors (Lipinski definition) is 2. The van der Waals surface area contributed by atoms with Crippen molar-refractivity contribution in [1.29, 1.82) is 0 Å². The van der Waals surface area contributed by atoms with Crippen LogP contribution in [-0.2, 0) is 17.8 Å². The fraction of sp³-hybridized carbons (Fsp3) is 0.375. The fourth-order valence-electron chi connectivity index (χ4n) is 2.27. The molecule has 0 radical (unpaired) electrons. The molecule has 1 aromatic heterocycles. The van der Waals surface area contributed by atoms with Crippen LogP contribution in [0.3, 0.4) is 0 Å². The van der Waals surface area contributed by atoms with Crippen LogP contribution in [0.4, 0.5) is 11.4 Å². The monoisotopic (exact) mass is 286 g/mol. The highest BCUT2D eigenvalue weighted by molar-refractivity contribution is 5.92. The third-order valence-corrected chi connectivity index (χ3v) is 3.57. The van der Waals surface area contributed by atoms with Crippen molar-refractivity contribution in [1.82, 2.24) is 9.55 Å². The molecule has 21 heavy (non-hydrogen) atoms. The summed E-state index contributed by atoms with van der Waals surface area (Å²) in [6.07, 6.45) is 5.93. The number of aryl methyl sites for hydroxylation is 2. The summed E-state index contributed by atoms with van der Waals surface area (Å²) in [6.45, 7) is 4.80. The van der Waals surface area contributed by atoms with E-state index in [2.05, 4.69) is 21.8 Å². The van der Waals surface area contributed by atoms with Crippen LogP contribution >= 0.6 is 0 Å². The molecule has 0 saturated heterocycles. The average molecular weight is 286 g/mol. The molecule has 5 nitrogen and oxygen atoms in total. The topological polar surface area (TPSA) is 72.9 Å². The Bertz CT molecular complexity index is 618. The molecule has 5 heteroatoms. The van der Waals surface area contributed by atoms with Gasteiger partial charge in [-0.2, -0.15) is 0 Å². The summed E-state index contributed by atoms with van der Waals surface area (Å²) in [5.41, 5.74) is 8.22. The van der Waals surface area contributed by atoms with E-state index in [0.717, 1.165) is 36.5 Å². The number of rotatable bonds is 6. The summed E-state index contributed by atoms with van der Waals surface area (Å²) in [7, 11) is 0. The van der Waals surface area contributed by atoms with E-state index >= 15 is 0 Å². The first kappa shape index (κ1) is 15.1. The zero-order valence-corrected chi connectivity index (χ0v) is 12.6. The van der Waals surface area contributed by atoms with Gasteiger partial charge in [-0.1, -0.05) is 13.0 Å². The number of nitrogens with two attached hydrogens (primary N) is 1. The van der Waals surface area contributed by atoms with Crippen LogP contribution in [0.5, 0.6) is 0 Å². The lowest BCUT2D eigenvalue weighted by atomic mass is 10.1. The normalized spacial score (nSPS) is 10.6. The molecule has 0 bridgehead atoms. The van der Waals surface area contributed by atoms with Gasteiger partial charge in [-0.05, 0) is 31.0 Å². The maximum atomic E-state index is 12.0. The summed E-state index contributed by atoms with van der Waals surface area (Å²) in [6, 6.07) is 5.54. The maximum Gasteiger partial charge on any atom is 0.224 e. The Morgan fingerprint density at radius 3 is 3.00 bits per heavy atom. The zero-order chi connectivity index (χ0) is 15.2. The smallest absolute Gasteiger partial charge is 0.224 e. The number of nitrogen functional groups attached to an aromatic ring is 1. The Hall–Kier alpha value is -2.30. The van der Waals surface area contributed by atoms with Gasteiger partial charge >= 0.3 is 0 Å². The van der Waals surface area contributed by atoms with Gasteiger partial charge < -0.3 is 15.6 Å². The minimum Gasteiger partial charge on any atom is -0.398 e. The number of aromatic nitrogens is 2. The molecule has 0 fully saturated rings. The molecule has 0 saturated carbocycles. The summed E-state index contributed by atoms with van der Waals surface area (Å²) in [5.74, 6) is 1.07. The molecule has 3 N–H and O–H groups in total. The van der Waals surface area contributed by atoms with Crippen LogP contribution in [0.15, 0.2) is 30.6 Å². The standard InChI is InChI=1S/C16H22N4O/c1-3-15-18-9-11-20(15)10-5-8-16(21)19-14-7-4-6-13(17)12(14)2/h4,6-7,9,11H,3,5,8,10,17H2,1-2H3,(H,19,21). The van der Waals surface area contributed by atoms with E-state index in [-0.39, 0.29) is 5.91 Å². The second-order valence-corrected chi connectivity index (χ2v) is 5.06. The average Bonchev–Trinajstić information content (AvgIpc) is 2.91. The van der Waals surface area contributed by atoms with Gasteiger partial charge in [0.15, 0.2) is 0 Å². The first-order valence-corrected chi connectivity index (χ1v) is 7.26. The van der Waals surface area contributed by atoms with Crippen molar-refractivity contribution in [2.24, 2.45) is 0 Å². The second-order valence-electron chi connectivity index (χ2n) is 5.06. The minimum atomic E-state index is 0.0156. The van der Waals surface area contributed by atoms with Crippen molar-refractivity contribution in [2.75, 3.05) is 11.1 Å². The minimum absolute atomic E-state index is 0.0156. The van der Waals surface area contributed by atoms with E-state index in [0.29, 0.717) is 12.1 Å². The molecule has 0 atom stereocenters. The SMILES string of the molecule is CCc1nccn1CCCC(=O)Nc1cccc(N)c1C. The highest BCUT2D eigenvalue weighted by atomic mass is 16.1. The van der Waals surface area contributed by atoms with Gasteiger partial charge in [0.25, 0.3) is 0 Å². The van der Waals surface area contributed by atoms with Crippen molar-refractivity contribution in [3.8, 4) is 0 Å². The van der Waals surface area contributed by atoms with Gasteiger partial charge in [-0.15, -0.1) is 0 Å². The van der Waals surface area contributed by atoms with Gasteiger partial charge in [0.05, 0.1) is 0 Å². The van der Waals surface area contributed by atoms with Gasteiger partial charge in [0, 0.05) is 43.2 Å². The lowest BCUT2D eigenvalue weighted by Crippen LogP contribution is -2.14. The van der Waals surface area contributed by atoms with E-state index in [1.807, 2.05) is 31.3 Å². The number of nitrogens with zero attached hydrogens (tertiary/aromatic N) is 2. The van der Waals surface area contributed by atoms with Crippen LogP contribution < -0.4 is 11.1 Å². The number of amides is 1. The van der Waals surface area contributed by atoms with Crippen LogP contribution in [0.2, 0.25) is 0 Å². The molecule has 1 heterocycles. The molecule has 2 rings (SSSR count). The molecule has 112 valence electrons. The second kappa shape index (κ2) is 6.92. The maximum absolute atomic E-state index is 12.0. The molecule has 0 aliphatic rings. The van der Waals surface area contributed by atoms with Crippen molar-refractivity contribution >= 4 is 17.3 Å². The van der Waals surface area contributed by atoms with Crippen molar-refractivity contribution in [2.45, 2.75) is 39.7 Å². The van der Waals surface area contributed by atoms with Crippen molar-refractivity contribution < 1.29 is 4.79 Å². The summed E-state index contributed by atoms with van der Waals surface area (Å²) in [5, 5.41) is 2.92. The molecular weight excluding hydrogens is 264 g/mol. The van der Waals surface area contributed by atoms with Crippen LogP contribution in [-0.4, -0.2) is 15.5 Å². The first-order chi connectivity index (χ1) is 10.1. The molecule has 0 aliphatic carbocycles. The number of benzene rings is 1. The molecule has 0 unspecified atom stereocenters. The van der Waals surface area contributed by atoms with Crippen LogP contribution in [0.1, 0.15) is 31.2 Å². The third kappa shape index (κ3) is 3.84. The lowest BCUT2D eigenvalue weighted by Gasteiger charge is -2.10. The molecule has 0 aliphatic heterocycles. The number of carbonyl (C=O) groups is 1. The molecule has 1 aromatic carbocycles. The molecule has 0 spiro atoms. The van der Waals surface area contributed by atoms with Gasteiger partial charge in [-0.3, -0.25) is 4.79 Å².